The summed E-state index contributed by atoms with van der Waals surface area (Å²) in [5.74, 6) is 5.66. The van der Waals surface area contributed by atoms with E-state index in [1.807, 2.05) is 6.20 Å². The second kappa shape index (κ2) is 7.58. The fraction of sp³-hybridized carbons (Fsp3) is 0.667. The van der Waals surface area contributed by atoms with Crippen molar-refractivity contribution < 1.29 is 4.74 Å². The maximum atomic E-state index is 5.77. The average molecular weight is 263 g/mol. The van der Waals surface area contributed by atoms with E-state index < -0.39 is 0 Å². The summed E-state index contributed by atoms with van der Waals surface area (Å²) in [6.07, 6.45) is 8.78. The highest BCUT2D eigenvalue weighted by Gasteiger charge is 2.19. The molecule has 3 N–H and O–H groups in total. The number of hydrogen-bond donors (Lipinski definition) is 2. The molecule has 4 heteroatoms. The number of nitrogens with two attached hydrogens (primary N) is 1. The molecular weight excluding hydrogens is 238 g/mol. The molecule has 2 unspecified atom stereocenters. The van der Waals surface area contributed by atoms with Gasteiger partial charge in [-0.15, -0.1) is 0 Å². The highest BCUT2D eigenvalue weighted by atomic mass is 16.5. The van der Waals surface area contributed by atoms with E-state index in [1.54, 1.807) is 0 Å². The number of aromatic nitrogens is 1. The maximum Gasteiger partial charge on any atom is 0.0590 e. The molecule has 2 heterocycles. The van der Waals surface area contributed by atoms with Gasteiger partial charge in [0.2, 0.25) is 0 Å². The average Bonchev–Trinajstić information content (AvgIpc) is 2.48. The Morgan fingerprint density at radius 2 is 2.37 bits per heavy atom. The minimum Gasteiger partial charge on any atom is -0.378 e. The van der Waals surface area contributed by atoms with Crippen molar-refractivity contribution >= 4 is 0 Å². The van der Waals surface area contributed by atoms with Gasteiger partial charge in [-0.1, -0.05) is 13.0 Å². The zero-order valence-electron chi connectivity index (χ0n) is 11.8. The third-order valence-electron chi connectivity index (χ3n) is 3.81. The number of hydrazine groups is 1. The van der Waals surface area contributed by atoms with E-state index in [1.165, 1.54) is 18.4 Å². The number of nitrogens with one attached hydrogen (secondary N) is 1. The van der Waals surface area contributed by atoms with Gasteiger partial charge in [0.05, 0.1) is 6.10 Å². The van der Waals surface area contributed by atoms with Crippen molar-refractivity contribution in [1.29, 1.82) is 0 Å². The Kier molecular flexibility index (Phi) is 5.76. The minimum absolute atomic E-state index is 0.239. The molecular formula is C15H25N3O. The van der Waals surface area contributed by atoms with Crippen molar-refractivity contribution in [3.8, 4) is 0 Å². The van der Waals surface area contributed by atoms with Gasteiger partial charge in [-0.05, 0) is 43.7 Å². The lowest BCUT2D eigenvalue weighted by Crippen LogP contribution is -2.40. The van der Waals surface area contributed by atoms with Gasteiger partial charge in [0.25, 0.3) is 0 Å². The summed E-state index contributed by atoms with van der Waals surface area (Å²) >= 11 is 0. The number of ether oxygens (including phenoxy) is 1. The van der Waals surface area contributed by atoms with Gasteiger partial charge in [0.15, 0.2) is 0 Å². The van der Waals surface area contributed by atoms with Gasteiger partial charge in [-0.25, -0.2) is 0 Å². The molecule has 1 aromatic heterocycles. The molecule has 1 aliphatic heterocycles. The fourth-order valence-electron chi connectivity index (χ4n) is 2.56. The van der Waals surface area contributed by atoms with Crippen LogP contribution in [0.3, 0.4) is 0 Å². The lowest BCUT2D eigenvalue weighted by Gasteiger charge is -2.26. The molecule has 0 aliphatic carbocycles. The lowest BCUT2D eigenvalue weighted by atomic mass is 9.99. The van der Waals surface area contributed by atoms with Crippen molar-refractivity contribution in [1.82, 2.24) is 10.4 Å². The second-order valence-electron chi connectivity index (χ2n) is 5.30. The smallest absolute Gasteiger partial charge is 0.0590 e. The molecule has 0 amide bonds. The summed E-state index contributed by atoms with van der Waals surface area (Å²) in [5, 5.41) is 0. The van der Waals surface area contributed by atoms with Crippen molar-refractivity contribution in [2.24, 2.45) is 5.84 Å². The standard InChI is InChI=1S/C15H25N3O/c1-2-12-6-7-13(17-11-12)9-14(18-16)10-15-5-3-4-8-19-15/h6-7,11,14-15,18H,2-5,8-10,16H2,1H3. The van der Waals surface area contributed by atoms with E-state index in [0.29, 0.717) is 6.10 Å². The normalized spacial score (nSPS) is 21.3. The van der Waals surface area contributed by atoms with E-state index >= 15 is 0 Å². The van der Waals surface area contributed by atoms with Crippen LogP contribution in [-0.2, 0) is 17.6 Å². The van der Waals surface area contributed by atoms with Crippen LogP contribution in [0.1, 0.15) is 43.9 Å². The second-order valence-corrected chi connectivity index (χ2v) is 5.30. The minimum atomic E-state index is 0.239. The molecule has 0 aromatic carbocycles. The van der Waals surface area contributed by atoms with Crippen LogP contribution < -0.4 is 11.3 Å². The lowest BCUT2D eigenvalue weighted by molar-refractivity contribution is 0.00519. The van der Waals surface area contributed by atoms with Gasteiger partial charge >= 0.3 is 0 Å². The molecule has 0 saturated carbocycles. The Balaban J connectivity index is 1.86. The number of nitrogens with zero attached hydrogens (tertiary/aromatic N) is 1. The first-order valence-electron chi connectivity index (χ1n) is 7.33. The Morgan fingerprint density at radius 3 is 2.95 bits per heavy atom. The van der Waals surface area contributed by atoms with Crippen LogP contribution in [0.4, 0.5) is 0 Å². The predicted octanol–water partition coefficient (Wildman–Crippen LogP) is 1.98. The quantitative estimate of drug-likeness (QED) is 0.608. The van der Waals surface area contributed by atoms with Crippen molar-refractivity contribution in [3.63, 3.8) is 0 Å². The first kappa shape index (κ1) is 14.4. The molecule has 1 fully saturated rings. The molecule has 1 aliphatic rings. The zero-order chi connectivity index (χ0) is 13.5. The van der Waals surface area contributed by atoms with Gasteiger partial charge in [-0.3, -0.25) is 16.3 Å². The number of rotatable bonds is 6. The first-order valence-corrected chi connectivity index (χ1v) is 7.33. The summed E-state index contributed by atoms with van der Waals surface area (Å²) in [4.78, 5) is 4.49. The van der Waals surface area contributed by atoms with Gasteiger partial charge in [0, 0.05) is 31.0 Å². The summed E-state index contributed by atoms with van der Waals surface area (Å²) < 4.78 is 5.77. The topological polar surface area (TPSA) is 60.2 Å². The van der Waals surface area contributed by atoms with E-state index in [-0.39, 0.29) is 6.04 Å². The van der Waals surface area contributed by atoms with Gasteiger partial charge in [0.1, 0.15) is 0 Å². The van der Waals surface area contributed by atoms with E-state index in [2.05, 4.69) is 29.5 Å². The van der Waals surface area contributed by atoms with Crippen LogP contribution in [0, 0.1) is 0 Å². The summed E-state index contributed by atoms with van der Waals surface area (Å²) in [6.45, 7) is 3.03. The fourth-order valence-corrected chi connectivity index (χ4v) is 2.56. The Bertz CT molecular complexity index is 360. The molecule has 106 valence electrons. The number of hydrogen-bond acceptors (Lipinski definition) is 4. The summed E-state index contributed by atoms with van der Waals surface area (Å²) in [6, 6.07) is 4.49. The molecule has 1 aromatic rings. The first-order chi connectivity index (χ1) is 9.31. The molecule has 19 heavy (non-hydrogen) atoms. The summed E-state index contributed by atoms with van der Waals surface area (Å²) in [5.41, 5.74) is 5.27. The predicted molar refractivity (Wildman–Crippen MR) is 76.6 cm³/mol. The maximum absolute atomic E-state index is 5.77. The van der Waals surface area contributed by atoms with Crippen LogP contribution in [0.5, 0.6) is 0 Å². The Labute approximate surface area is 115 Å². The third kappa shape index (κ3) is 4.56. The van der Waals surface area contributed by atoms with E-state index in [4.69, 9.17) is 10.6 Å². The van der Waals surface area contributed by atoms with Crippen LogP contribution in [-0.4, -0.2) is 23.7 Å². The Morgan fingerprint density at radius 1 is 1.47 bits per heavy atom. The van der Waals surface area contributed by atoms with Crippen molar-refractivity contribution in [2.45, 2.75) is 57.6 Å². The van der Waals surface area contributed by atoms with Crippen LogP contribution in [0.2, 0.25) is 0 Å². The third-order valence-corrected chi connectivity index (χ3v) is 3.81. The van der Waals surface area contributed by atoms with Crippen molar-refractivity contribution in [3.05, 3.63) is 29.6 Å². The van der Waals surface area contributed by atoms with E-state index in [0.717, 1.165) is 38.0 Å². The monoisotopic (exact) mass is 263 g/mol. The molecule has 2 rings (SSSR count). The molecule has 2 atom stereocenters. The Hall–Kier alpha value is -0.970. The number of aryl methyl sites for hydroxylation is 1. The molecule has 0 bridgehead atoms. The van der Waals surface area contributed by atoms with Crippen LogP contribution in [0.15, 0.2) is 18.3 Å². The van der Waals surface area contributed by atoms with Crippen LogP contribution in [0.25, 0.3) is 0 Å². The van der Waals surface area contributed by atoms with Crippen LogP contribution >= 0.6 is 0 Å². The molecule has 0 spiro atoms. The van der Waals surface area contributed by atoms with E-state index in [9.17, 15) is 0 Å². The van der Waals surface area contributed by atoms with Gasteiger partial charge < -0.3 is 4.74 Å². The molecule has 4 nitrogen and oxygen atoms in total. The largest absolute Gasteiger partial charge is 0.378 e. The molecule has 1 saturated heterocycles. The van der Waals surface area contributed by atoms with Crippen molar-refractivity contribution in [2.75, 3.05) is 6.61 Å². The molecule has 0 radical (unpaired) electrons. The highest BCUT2D eigenvalue weighted by molar-refractivity contribution is 5.14. The number of pyridine rings is 1. The summed E-state index contributed by atoms with van der Waals surface area (Å²) in [7, 11) is 0. The SMILES string of the molecule is CCc1ccc(CC(CC2CCCCO2)NN)nc1. The highest BCUT2D eigenvalue weighted by Crippen LogP contribution is 2.18. The van der Waals surface area contributed by atoms with Gasteiger partial charge in [-0.2, -0.15) is 0 Å². The zero-order valence-corrected chi connectivity index (χ0v) is 11.8.